The van der Waals surface area contributed by atoms with Crippen molar-refractivity contribution in [1.82, 2.24) is 9.55 Å². The predicted octanol–water partition coefficient (Wildman–Crippen LogP) is 3.18. The van der Waals surface area contributed by atoms with E-state index in [1.807, 2.05) is 0 Å². The molecule has 14 heteroatoms. The highest BCUT2D eigenvalue weighted by Gasteiger charge is 2.57. The Morgan fingerprint density at radius 3 is 2.66 bits per heavy atom. The number of anilines is 1. The van der Waals surface area contributed by atoms with E-state index in [0.717, 1.165) is 4.57 Å². The molecule has 0 radical (unpaired) electrons. The molecular formula is C24H30BrFN3O8P. The number of aryl methyl sites for hydroxylation is 1. The second kappa shape index (κ2) is 12.2. The Kier molecular flexibility index (Phi) is 9.64. The van der Waals surface area contributed by atoms with Gasteiger partial charge >= 0.3 is 13.3 Å². The molecule has 3 rings (SSSR count). The molecule has 1 aromatic carbocycles. The van der Waals surface area contributed by atoms with E-state index in [1.54, 1.807) is 31.2 Å². The molecule has 1 aliphatic rings. The van der Waals surface area contributed by atoms with Gasteiger partial charge in [0.25, 0.3) is 0 Å². The fourth-order valence-electron chi connectivity index (χ4n) is 3.74. The molecule has 38 heavy (non-hydrogen) atoms. The Morgan fingerprint density at radius 2 is 2.03 bits per heavy atom. The van der Waals surface area contributed by atoms with Crippen molar-refractivity contribution in [2.75, 3.05) is 18.5 Å². The van der Waals surface area contributed by atoms with Crippen LogP contribution < -0.4 is 15.9 Å². The second-order valence-electron chi connectivity index (χ2n) is 9.19. The van der Waals surface area contributed by atoms with E-state index in [-0.39, 0.29) is 35.7 Å². The number of ketones is 2. The van der Waals surface area contributed by atoms with Crippen molar-refractivity contribution < 1.29 is 37.4 Å². The maximum absolute atomic E-state index is 15.5. The van der Waals surface area contributed by atoms with Crippen LogP contribution in [0.1, 0.15) is 39.0 Å². The number of nitrogen functional groups attached to an aromatic ring is 1. The van der Waals surface area contributed by atoms with E-state index < -0.39 is 48.8 Å². The average Bonchev–Trinajstić information content (AvgIpc) is 3.05. The molecule has 6 atom stereocenters. The van der Waals surface area contributed by atoms with Crippen LogP contribution in [0.25, 0.3) is 0 Å². The largest absolute Gasteiger partial charge is 0.424 e. The molecule has 1 aromatic heterocycles. The summed E-state index contributed by atoms with van der Waals surface area (Å²) in [6.07, 6.45) is -3.44. The molecule has 1 fully saturated rings. The summed E-state index contributed by atoms with van der Waals surface area (Å²) in [5, 5.41) is 10.6. The zero-order valence-corrected chi connectivity index (χ0v) is 23.6. The van der Waals surface area contributed by atoms with E-state index in [9.17, 15) is 24.1 Å². The fourth-order valence-corrected chi connectivity index (χ4v) is 6.37. The third-order valence-electron chi connectivity index (χ3n) is 6.07. The monoisotopic (exact) mass is 617 g/mol. The van der Waals surface area contributed by atoms with Gasteiger partial charge in [-0.05, 0) is 53.9 Å². The van der Waals surface area contributed by atoms with Crippen LogP contribution in [0.2, 0.25) is 0 Å². The van der Waals surface area contributed by atoms with Crippen molar-refractivity contribution in [3.8, 4) is 5.75 Å². The van der Waals surface area contributed by atoms with Crippen molar-refractivity contribution in [2.24, 2.45) is 5.92 Å². The molecule has 208 valence electrons. The van der Waals surface area contributed by atoms with Crippen molar-refractivity contribution in [2.45, 2.75) is 56.6 Å². The maximum atomic E-state index is 15.5. The Labute approximate surface area is 227 Å². The number of rotatable bonds is 12. The summed E-state index contributed by atoms with van der Waals surface area (Å²) in [5.74, 6) is -0.865. The molecule has 0 amide bonds. The minimum atomic E-state index is -4.09. The first-order valence-corrected chi connectivity index (χ1v) is 14.3. The quantitative estimate of drug-likeness (QED) is 0.267. The van der Waals surface area contributed by atoms with Crippen molar-refractivity contribution >= 4 is 40.9 Å². The number of benzene rings is 1. The predicted molar refractivity (Wildman–Crippen MR) is 140 cm³/mol. The molecule has 2 heterocycles. The van der Waals surface area contributed by atoms with Gasteiger partial charge in [0.1, 0.15) is 35.3 Å². The number of aliphatic hydroxyl groups excluding tert-OH is 1. The molecule has 3 N–H and O–H groups in total. The van der Waals surface area contributed by atoms with E-state index in [4.69, 9.17) is 19.5 Å². The number of alkyl halides is 2. The van der Waals surface area contributed by atoms with Crippen molar-refractivity contribution in [3.05, 3.63) is 52.6 Å². The lowest BCUT2D eigenvalue weighted by atomic mass is 10.1. The van der Waals surface area contributed by atoms with Gasteiger partial charge in [0, 0.05) is 18.5 Å². The van der Waals surface area contributed by atoms with E-state index in [1.165, 1.54) is 26.1 Å². The van der Waals surface area contributed by atoms with Crippen LogP contribution >= 0.6 is 23.5 Å². The summed E-state index contributed by atoms with van der Waals surface area (Å²) in [6.45, 7) is 3.76. The SMILES string of the molecule is CC(=O)CCc1ccccc1OP(=O)(C[C@@H](C)C(C)=O)OC[C@H]1O[C@@H](n2ccc(N)nc2=O)[C@@](F)(Br)C1O. The molecule has 11 nitrogen and oxygen atoms in total. The standard InChI is InChI=1S/C24H30BrFN3O8P/c1-14(16(3)31)13-38(34,37-18-7-5-4-6-17(18)9-8-15(2)30)35-12-19-21(32)24(25,26)22(36-19)29-11-10-20(27)28-23(29)33/h4-7,10-11,14,19,21-22,32H,8-9,12-13H2,1-3H3,(H2,27,28,33)/t14-,19-,21?,22-,24-,38?/m1/s1. The van der Waals surface area contributed by atoms with Crippen molar-refractivity contribution in [3.63, 3.8) is 0 Å². The molecule has 0 bridgehead atoms. The third-order valence-corrected chi connectivity index (χ3v) is 8.94. The van der Waals surface area contributed by atoms with Crippen LogP contribution in [-0.2, 0) is 29.8 Å². The van der Waals surface area contributed by atoms with Gasteiger partial charge in [-0.2, -0.15) is 4.98 Å². The lowest BCUT2D eigenvalue weighted by Crippen LogP contribution is -2.40. The normalized spacial score (nSPS) is 25.5. The highest BCUT2D eigenvalue weighted by molar-refractivity contribution is 9.10. The molecule has 2 aromatic rings. The summed E-state index contributed by atoms with van der Waals surface area (Å²) in [7, 11) is -4.09. The zero-order chi connectivity index (χ0) is 28.3. The number of Topliss-reactive ketones (excluding diaryl/α,β-unsaturated/α-hetero) is 2. The molecule has 2 unspecified atom stereocenters. The second-order valence-corrected chi connectivity index (χ2v) is 12.4. The summed E-state index contributed by atoms with van der Waals surface area (Å²) in [5.41, 5.74) is 5.19. The van der Waals surface area contributed by atoms with E-state index in [2.05, 4.69) is 20.9 Å². The minimum Gasteiger partial charge on any atom is -0.424 e. The Morgan fingerprint density at radius 1 is 1.34 bits per heavy atom. The zero-order valence-electron chi connectivity index (χ0n) is 21.1. The van der Waals surface area contributed by atoms with Gasteiger partial charge in [-0.25, -0.2) is 13.8 Å². The average molecular weight is 618 g/mol. The highest BCUT2D eigenvalue weighted by Crippen LogP contribution is 2.52. The van der Waals surface area contributed by atoms with Gasteiger partial charge in [0.2, 0.25) is 4.58 Å². The number of aromatic nitrogens is 2. The Balaban J connectivity index is 1.84. The number of nitrogens with zero attached hydrogens (tertiary/aromatic N) is 2. The highest BCUT2D eigenvalue weighted by atomic mass is 79.9. The Bertz CT molecular complexity index is 1290. The number of carbonyl (C=O) groups is 2. The van der Waals surface area contributed by atoms with E-state index in [0.29, 0.717) is 12.0 Å². The number of hydrogen-bond acceptors (Lipinski definition) is 10. The smallest absolute Gasteiger partial charge is 0.380 e. The molecule has 1 aliphatic heterocycles. The molecule has 0 aliphatic carbocycles. The topological polar surface area (TPSA) is 160 Å². The van der Waals surface area contributed by atoms with Gasteiger partial charge in [0.15, 0.2) is 6.23 Å². The molecule has 0 spiro atoms. The number of nitrogens with two attached hydrogens (primary N) is 1. The lowest BCUT2D eigenvalue weighted by Gasteiger charge is -2.25. The summed E-state index contributed by atoms with van der Waals surface area (Å²) < 4.78 is 44.6. The number of halogens is 2. The first kappa shape index (κ1) is 30.1. The number of para-hydroxylation sites is 1. The summed E-state index contributed by atoms with van der Waals surface area (Å²) in [6, 6.07) is 7.93. The van der Waals surface area contributed by atoms with Crippen LogP contribution in [0, 0.1) is 5.92 Å². The van der Waals surface area contributed by atoms with Crippen LogP contribution in [-0.4, -0.2) is 55.8 Å². The lowest BCUT2D eigenvalue weighted by molar-refractivity contribution is -0.120. The Hall–Kier alpha value is -2.44. The van der Waals surface area contributed by atoms with Crippen LogP contribution in [0.3, 0.4) is 0 Å². The number of ether oxygens (including phenoxy) is 1. The van der Waals surface area contributed by atoms with Crippen LogP contribution in [0.5, 0.6) is 5.75 Å². The number of hydrogen-bond donors (Lipinski definition) is 2. The maximum Gasteiger partial charge on any atom is 0.380 e. The van der Waals surface area contributed by atoms with Crippen molar-refractivity contribution in [1.29, 1.82) is 0 Å². The molecule has 1 saturated heterocycles. The third kappa shape index (κ3) is 7.15. The first-order valence-electron chi connectivity index (χ1n) is 11.8. The summed E-state index contributed by atoms with van der Waals surface area (Å²) in [4.78, 5) is 39.2. The van der Waals surface area contributed by atoms with Gasteiger partial charge < -0.3 is 24.9 Å². The first-order chi connectivity index (χ1) is 17.7. The van der Waals surface area contributed by atoms with Crippen LogP contribution in [0.4, 0.5) is 10.2 Å². The van der Waals surface area contributed by atoms with Gasteiger partial charge in [-0.15, -0.1) is 0 Å². The van der Waals surface area contributed by atoms with Gasteiger partial charge in [0.05, 0.1) is 12.8 Å². The van der Waals surface area contributed by atoms with Gasteiger partial charge in [-0.3, -0.25) is 13.9 Å². The van der Waals surface area contributed by atoms with Gasteiger partial charge in [-0.1, -0.05) is 25.1 Å². The number of aliphatic hydroxyl groups is 1. The molecular weight excluding hydrogens is 588 g/mol. The summed E-state index contributed by atoms with van der Waals surface area (Å²) >= 11 is 2.79. The molecule has 0 saturated carbocycles. The van der Waals surface area contributed by atoms with Crippen LogP contribution in [0.15, 0.2) is 41.3 Å². The van der Waals surface area contributed by atoms with E-state index >= 15 is 4.39 Å². The number of carbonyl (C=O) groups excluding carboxylic acids is 2. The minimum absolute atomic E-state index is 0.0359. The fraction of sp³-hybridized carbons (Fsp3) is 0.500.